The van der Waals surface area contributed by atoms with Crippen LogP contribution in [0.5, 0.6) is 0 Å². The number of halogens is 1. The van der Waals surface area contributed by atoms with E-state index in [-0.39, 0.29) is 16.8 Å². The van der Waals surface area contributed by atoms with Gasteiger partial charge in [-0.3, -0.25) is 4.79 Å². The number of aromatic nitrogens is 3. The molecule has 3 heterocycles. The van der Waals surface area contributed by atoms with E-state index in [0.717, 1.165) is 16.8 Å². The molecule has 1 saturated heterocycles. The first-order valence-electron chi connectivity index (χ1n) is 11.4. The van der Waals surface area contributed by atoms with E-state index in [0.29, 0.717) is 43.4 Å². The van der Waals surface area contributed by atoms with Gasteiger partial charge in [0, 0.05) is 36.5 Å². The zero-order valence-corrected chi connectivity index (χ0v) is 20.4. The van der Waals surface area contributed by atoms with E-state index in [1.807, 2.05) is 33.8 Å². The van der Waals surface area contributed by atoms with Gasteiger partial charge in [0.1, 0.15) is 23.0 Å². The maximum Gasteiger partial charge on any atom is 0.274 e. The van der Waals surface area contributed by atoms with E-state index in [2.05, 4.69) is 31.1 Å². The molecule has 0 saturated carbocycles. The van der Waals surface area contributed by atoms with Gasteiger partial charge in [-0.05, 0) is 48.2 Å². The summed E-state index contributed by atoms with van der Waals surface area (Å²) < 4.78 is 20.3. The smallest absolute Gasteiger partial charge is 0.274 e. The number of pyridine rings is 1. The molecule has 0 radical (unpaired) electrons. The molecule has 0 spiro atoms. The standard InChI is InChI=1S/C27H28FN5O2/c1-6-21-24(33-9-11-35-12-10-33)14-18(16-30-21)19-15-23(20(28)13-17(19)2)31-25(34)22-7-8-29-26(32-22)27(3,4)5/h1,7-8,13-16H,9-12H2,2-5H3,(H,31,34). The second-order valence-corrected chi connectivity index (χ2v) is 9.45. The van der Waals surface area contributed by atoms with Crippen molar-refractivity contribution >= 4 is 17.3 Å². The predicted molar refractivity (Wildman–Crippen MR) is 134 cm³/mol. The minimum absolute atomic E-state index is 0.0560. The molecule has 0 aliphatic carbocycles. The lowest BCUT2D eigenvalue weighted by Crippen LogP contribution is -2.36. The van der Waals surface area contributed by atoms with E-state index in [4.69, 9.17) is 11.2 Å². The van der Waals surface area contributed by atoms with Gasteiger partial charge in [-0.25, -0.2) is 19.3 Å². The van der Waals surface area contributed by atoms with Crippen LogP contribution >= 0.6 is 0 Å². The number of aryl methyl sites for hydroxylation is 1. The number of ether oxygens (including phenoxy) is 1. The van der Waals surface area contributed by atoms with E-state index < -0.39 is 11.7 Å². The largest absolute Gasteiger partial charge is 0.378 e. The lowest BCUT2D eigenvalue weighted by atomic mass is 9.95. The summed E-state index contributed by atoms with van der Waals surface area (Å²) in [7, 11) is 0. The number of rotatable bonds is 4. The molecule has 1 fully saturated rings. The highest BCUT2D eigenvalue weighted by atomic mass is 19.1. The number of morpholine rings is 1. The van der Waals surface area contributed by atoms with Crippen LogP contribution in [0.3, 0.4) is 0 Å². The monoisotopic (exact) mass is 473 g/mol. The fraction of sp³-hybridized carbons (Fsp3) is 0.333. The third kappa shape index (κ3) is 5.31. The number of amides is 1. The highest BCUT2D eigenvalue weighted by Crippen LogP contribution is 2.32. The fourth-order valence-electron chi connectivity index (χ4n) is 3.87. The Hall–Kier alpha value is -3.83. The molecule has 35 heavy (non-hydrogen) atoms. The van der Waals surface area contributed by atoms with Crippen molar-refractivity contribution in [2.24, 2.45) is 0 Å². The number of carbonyl (C=O) groups is 1. The highest BCUT2D eigenvalue weighted by molar-refractivity contribution is 6.03. The number of nitrogens with zero attached hydrogens (tertiary/aromatic N) is 4. The van der Waals surface area contributed by atoms with E-state index in [9.17, 15) is 9.18 Å². The average Bonchev–Trinajstić information content (AvgIpc) is 2.85. The second kappa shape index (κ2) is 9.80. The third-order valence-electron chi connectivity index (χ3n) is 5.79. The number of benzene rings is 1. The van der Waals surface area contributed by atoms with Gasteiger partial charge in [-0.2, -0.15) is 0 Å². The van der Waals surface area contributed by atoms with Crippen LogP contribution in [0.15, 0.2) is 36.7 Å². The number of hydrogen-bond acceptors (Lipinski definition) is 6. The molecule has 4 rings (SSSR count). The van der Waals surface area contributed by atoms with Crippen molar-refractivity contribution in [2.45, 2.75) is 33.1 Å². The SMILES string of the molecule is C#Cc1ncc(-c2cc(NC(=O)c3ccnc(C(C)(C)C)n3)c(F)cc2C)cc1N1CCOCC1. The van der Waals surface area contributed by atoms with Gasteiger partial charge < -0.3 is 15.0 Å². The van der Waals surface area contributed by atoms with Gasteiger partial charge in [0.2, 0.25) is 0 Å². The van der Waals surface area contributed by atoms with Crippen molar-refractivity contribution in [3.05, 3.63) is 65.3 Å². The number of hydrogen-bond donors (Lipinski definition) is 1. The summed E-state index contributed by atoms with van der Waals surface area (Å²) >= 11 is 0. The second-order valence-electron chi connectivity index (χ2n) is 9.45. The summed E-state index contributed by atoms with van der Waals surface area (Å²) in [6.07, 6.45) is 8.89. The molecule has 0 atom stereocenters. The molecule has 8 heteroatoms. The van der Waals surface area contributed by atoms with Crippen LogP contribution in [0.1, 0.15) is 48.3 Å². The van der Waals surface area contributed by atoms with E-state index >= 15 is 0 Å². The molecule has 1 N–H and O–H groups in total. The Kier molecular flexibility index (Phi) is 6.81. The highest BCUT2D eigenvalue weighted by Gasteiger charge is 2.21. The van der Waals surface area contributed by atoms with Gasteiger partial charge in [-0.1, -0.05) is 20.8 Å². The maximum absolute atomic E-state index is 14.9. The van der Waals surface area contributed by atoms with Gasteiger partial charge in [0.05, 0.1) is 24.6 Å². The van der Waals surface area contributed by atoms with Crippen LogP contribution in [0.2, 0.25) is 0 Å². The van der Waals surface area contributed by atoms with Crippen molar-refractivity contribution in [1.82, 2.24) is 15.0 Å². The summed E-state index contributed by atoms with van der Waals surface area (Å²) in [5.74, 6) is 2.13. The lowest BCUT2D eigenvalue weighted by molar-refractivity contribution is 0.102. The first kappa shape index (κ1) is 24.3. The lowest BCUT2D eigenvalue weighted by Gasteiger charge is -2.29. The molecule has 0 bridgehead atoms. The van der Waals surface area contributed by atoms with Crippen molar-refractivity contribution in [1.29, 1.82) is 0 Å². The Morgan fingerprint density at radius 1 is 1.20 bits per heavy atom. The Labute approximate surface area is 204 Å². The summed E-state index contributed by atoms with van der Waals surface area (Å²) in [6, 6.07) is 6.48. The molecule has 180 valence electrons. The van der Waals surface area contributed by atoms with Gasteiger partial charge in [0.15, 0.2) is 0 Å². The summed E-state index contributed by atoms with van der Waals surface area (Å²) in [6.45, 7) is 10.3. The Bertz CT molecular complexity index is 1300. The predicted octanol–water partition coefficient (Wildman–Crippen LogP) is 4.35. The molecular weight excluding hydrogens is 445 g/mol. The minimum atomic E-state index is -0.536. The number of nitrogens with one attached hydrogen (secondary N) is 1. The van der Waals surface area contributed by atoms with Crippen LogP contribution in [-0.4, -0.2) is 47.2 Å². The molecule has 2 aromatic heterocycles. The van der Waals surface area contributed by atoms with Crippen LogP contribution in [-0.2, 0) is 10.2 Å². The van der Waals surface area contributed by atoms with Crippen LogP contribution in [0.4, 0.5) is 15.8 Å². The molecule has 1 aromatic carbocycles. The number of terminal acetylenes is 1. The number of carbonyl (C=O) groups excluding carboxylic acids is 1. The summed E-state index contributed by atoms with van der Waals surface area (Å²) in [5.41, 5.74) is 3.50. The van der Waals surface area contributed by atoms with Crippen molar-refractivity contribution in [3.8, 4) is 23.5 Å². The van der Waals surface area contributed by atoms with E-state index in [1.54, 1.807) is 12.3 Å². The van der Waals surface area contributed by atoms with E-state index in [1.165, 1.54) is 18.3 Å². The fourth-order valence-corrected chi connectivity index (χ4v) is 3.87. The Morgan fingerprint density at radius 2 is 1.94 bits per heavy atom. The molecule has 0 unspecified atom stereocenters. The van der Waals surface area contributed by atoms with Crippen molar-refractivity contribution in [3.63, 3.8) is 0 Å². The first-order chi connectivity index (χ1) is 16.7. The average molecular weight is 474 g/mol. The molecule has 7 nitrogen and oxygen atoms in total. The van der Waals surface area contributed by atoms with Crippen molar-refractivity contribution < 1.29 is 13.9 Å². The minimum Gasteiger partial charge on any atom is -0.378 e. The molecule has 1 amide bonds. The molecule has 3 aromatic rings. The van der Waals surface area contributed by atoms with Crippen LogP contribution in [0.25, 0.3) is 11.1 Å². The maximum atomic E-state index is 14.9. The van der Waals surface area contributed by atoms with Crippen LogP contribution in [0, 0.1) is 25.1 Å². The topological polar surface area (TPSA) is 80.2 Å². The first-order valence-corrected chi connectivity index (χ1v) is 11.4. The van der Waals surface area contributed by atoms with Gasteiger partial charge in [-0.15, -0.1) is 6.42 Å². The molecule has 1 aliphatic rings. The Balaban J connectivity index is 1.68. The van der Waals surface area contributed by atoms with Gasteiger partial charge in [0.25, 0.3) is 5.91 Å². The zero-order chi connectivity index (χ0) is 25.2. The third-order valence-corrected chi connectivity index (χ3v) is 5.79. The summed E-state index contributed by atoms with van der Waals surface area (Å²) in [4.78, 5) is 28.1. The zero-order valence-electron chi connectivity index (χ0n) is 20.4. The van der Waals surface area contributed by atoms with Crippen LogP contribution < -0.4 is 10.2 Å². The normalized spacial score (nSPS) is 13.9. The molecule has 1 aliphatic heterocycles. The number of anilines is 2. The molecular formula is C27H28FN5O2. The van der Waals surface area contributed by atoms with Crippen molar-refractivity contribution in [2.75, 3.05) is 36.5 Å². The quantitative estimate of drug-likeness (QED) is 0.568. The Morgan fingerprint density at radius 3 is 2.63 bits per heavy atom. The van der Waals surface area contributed by atoms with Gasteiger partial charge >= 0.3 is 0 Å². The summed E-state index contributed by atoms with van der Waals surface area (Å²) in [5, 5.41) is 2.66.